The Morgan fingerprint density at radius 1 is 1.58 bits per heavy atom. The second kappa shape index (κ2) is 3.46. The van der Waals surface area contributed by atoms with Crippen molar-refractivity contribution in [2.75, 3.05) is 7.11 Å². The van der Waals surface area contributed by atoms with Gasteiger partial charge in [-0.2, -0.15) is 5.26 Å². The van der Waals surface area contributed by atoms with Crippen LogP contribution in [0.4, 0.5) is 4.39 Å². The van der Waals surface area contributed by atoms with Gasteiger partial charge in [-0.3, -0.25) is 0 Å². The molecule has 0 spiro atoms. The van der Waals surface area contributed by atoms with Crippen molar-refractivity contribution in [1.29, 1.82) is 5.26 Å². The first-order valence-corrected chi connectivity index (χ1v) is 3.60. The van der Waals surface area contributed by atoms with Crippen molar-refractivity contribution in [2.45, 2.75) is 4.90 Å². The maximum Gasteiger partial charge on any atom is 0.136 e. The van der Waals surface area contributed by atoms with Gasteiger partial charge < -0.3 is 4.74 Å². The molecule has 0 N–H and O–H groups in total. The number of hydrogen-bond acceptors (Lipinski definition) is 3. The van der Waals surface area contributed by atoms with E-state index in [9.17, 15) is 4.39 Å². The quantitative estimate of drug-likeness (QED) is 0.675. The third kappa shape index (κ3) is 1.51. The van der Waals surface area contributed by atoms with Gasteiger partial charge >= 0.3 is 0 Å². The number of rotatable bonds is 1. The Kier molecular flexibility index (Phi) is 2.56. The number of halogens is 1. The molecule has 1 aromatic carbocycles. The Bertz CT molecular complexity index is 346. The molecule has 0 aliphatic heterocycles. The Labute approximate surface area is 75.0 Å². The number of methoxy groups -OCH3 is 1. The summed E-state index contributed by atoms with van der Waals surface area (Å²) in [7, 11) is 1.40. The summed E-state index contributed by atoms with van der Waals surface area (Å²) in [6.45, 7) is 0. The Balaban J connectivity index is 3.34. The molecule has 1 aromatic rings. The van der Waals surface area contributed by atoms with Crippen molar-refractivity contribution in [1.82, 2.24) is 0 Å². The molecule has 0 fully saturated rings. The minimum Gasteiger partial charge on any atom is -0.495 e. The van der Waals surface area contributed by atoms with Crippen molar-refractivity contribution in [3.8, 4) is 11.8 Å². The van der Waals surface area contributed by atoms with Gasteiger partial charge in [0.25, 0.3) is 0 Å². The fraction of sp³-hybridized carbons (Fsp3) is 0.125. The summed E-state index contributed by atoms with van der Waals surface area (Å²) in [5.41, 5.74) is 0.176. The summed E-state index contributed by atoms with van der Waals surface area (Å²) < 4.78 is 17.5. The molecule has 4 heteroatoms. The highest BCUT2D eigenvalue weighted by Gasteiger charge is 2.07. The number of thiol groups is 1. The third-order valence-electron chi connectivity index (χ3n) is 1.38. The summed E-state index contributed by atoms with van der Waals surface area (Å²) in [6, 6.07) is 4.11. The topological polar surface area (TPSA) is 33.0 Å². The molecule has 0 saturated heterocycles. The van der Waals surface area contributed by atoms with Crippen LogP contribution in [0.15, 0.2) is 17.0 Å². The van der Waals surface area contributed by atoms with Crippen molar-refractivity contribution in [3.05, 3.63) is 23.5 Å². The molecule has 0 atom stereocenters. The molecule has 0 bridgehead atoms. The van der Waals surface area contributed by atoms with Crippen LogP contribution >= 0.6 is 12.6 Å². The van der Waals surface area contributed by atoms with E-state index in [2.05, 4.69) is 12.6 Å². The van der Waals surface area contributed by atoms with E-state index in [1.165, 1.54) is 13.2 Å². The SMILES string of the molecule is COc1cc(F)cc(C#N)c1S. The Morgan fingerprint density at radius 2 is 2.25 bits per heavy atom. The highest BCUT2D eigenvalue weighted by Crippen LogP contribution is 2.26. The maximum absolute atomic E-state index is 12.7. The van der Waals surface area contributed by atoms with Crippen LogP contribution in [-0.2, 0) is 0 Å². The van der Waals surface area contributed by atoms with Gasteiger partial charge in [-0.1, -0.05) is 0 Å². The molecule has 62 valence electrons. The van der Waals surface area contributed by atoms with Gasteiger partial charge in [0.15, 0.2) is 0 Å². The van der Waals surface area contributed by atoms with Gasteiger partial charge in [-0.25, -0.2) is 4.39 Å². The van der Waals surface area contributed by atoms with Gasteiger partial charge in [0.2, 0.25) is 0 Å². The van der Waals surface area contributed by atoms with Crippen LogP contribution in [0.5, 0.6) is 5.75 Å². The summed E-state index contributed by atoms with van der Waals surface area (Å²) in [4.78, 5) is 0.362. The first-order chi connectivity index (χ1) is 5.69. The minimum absolute atomic E-state index is 0.176. The number of nitriles is 1. The normalized spacial score (nSPS) is 9.17. The monoisotopic (exact) mass is 183 g/mol. The second-order valence-electron chi connectivity index (χ2n) is 2.12. The third-order valence-corrected chi connectivity index (χ3v) is 1.84. The van der Waals surface area contributed by atoms with E-state index in [1.807, 2.05) is 6.07 Å². The van der Waals surface area contributed by atoms with Crippen molar-refractivity contribution in [3.63, 3.8) is 0 Å². The number of hydrogen-bond donors (Lipinski definition) is 1. The van der Waals surface area contributed by atoms with E-state index in [0.717, 1.165) is 6.07 Å². The number of benzene rings is 1. The van der Waals surface area contributed by atoms with E-state index < -0.39 is 5.82 Å². The minimum atomic E-state index is -0.499. The first-order valence-electron chi connectivity index (χ1n) is 3.15. The van der Waals surface area contributed by atoms with Crippen LogP contribution in [0.1, 0.15) is 5.56 Å². The predicted octanol–water partition coefficient (Wildman–Crippen LogP) is 1.99. The molecular formula is C8H6FNOS. The standard InChI is InChI=1S/C8H6FNOS/c1-11-7-3-6(9)2-5(4-10)8(7)12/h2-3,12H,1H3. The lowest BCUT2D eigenvalue weighted by molar-refractivity contribution is 0.401. The lowest BCUT2D eigenvalue weighted by atomic mass is 10.2. The van der Waals surface area contributed by atoms with E-state index >= 15 is 0 Å². The van der Waals surface area contributed by atoms with E-state index in [-0.39, 0.29) is 11.3 Å². The van der Waals surface area contributed by atoms with E-state index in [0.29, 0.717) is 4.90 Å². The number of ether oxygens (including phenoxy) is 1. The van der Waals surface area contributed by atoms with Gasteiger partial charge in [0.1, 0.15) is 17.6 Å². The molecule has 2 nitrogen and oxygen atoms in total. The van der Waals surface area contributed by atoms with Crippen LogP contribution in [0.3, 0.4) is 0 Å². The highest BCUT2D eigenvalue weighted by atomic mass is 32.1. The van der Waals surface area contributed by atoms with Gasteiger partial charge in [0.05, 0.1) is 17.6 Å². The average Bonchev–Trinajstić information content (AvgIpc) is 2.08. The molecular weight excluding hydrogens is 177 g/mol. The zero-order valence-corrected chi connectivity index (χ0v) is 7.23. The molecule has 0 saturated carbocycles. The summed E-state index contributed by atoms with van der Waals surface area (Å²) in [6.07, 6.45) is 0. The Morgan fingerprint density at radius 3 is 2.75 bits per heavy atom. The summed E-state index contributed by atoms with van der Waals surface area (Å²) in [5, 5.41) is 8.54. The van der Waals surface area contributed by atoms with Gasteiger partial charge in [-0.05, 0) is 6.07 Å². The molecule has 12 heavy (non-hydrogen) atoms. The maximum atomic E-state index is 12.7. The molecule has 0 aliphatic carbocycles. The van der Waals surface area contributed by atoms with Crippen molar-refractivity contribution < 1.29 is 9.13 Å². The summed E-state index contributed by atoms with van der Waals surface area (Å²) >= 11 is 4.00. The van der Waals surface area contributed by atoms with E-state index in [4.69, 9.17) is 10.00 Å². The van der Waals surface area contributed by atoms with Crippen LogP contribution in [0.2, 0.25) is 0 Å². The first kappa shape index (κ1) is 8.88. The van der Waals surface area contributed by atoms with Crippen molar-refractivity contribution in [2.24, 2.45) is 0 Å². The predicted molar refractivity (Wildman–Crippen MR) is 44.9 cm³/mol. The second-order valence-corrected chi connectivity index (χ2v) is 2.56. The lowest BCUT2D eigenvalue weighted by Crippen LogP contribution is -1.89. The van der Waals surface area contributed by atoms with Gasteiger partial charge in [0, 0.05) is 6.07 Å². The van der Waals surface area contributed by atoms with Crippen LogP contribution in [0, 0.1) is 17.1 Å². The molecule has 0 heterocycles. The average molecular weight is 183 g/mol. The molecule has 0 aliphatic rings. The zero-order chi connectivity index (χ0) is 9.14. The fourth-order valence-electron chi connectivity index (χ4n) is 0.815. The number of nitrogens with zero attached hydrogens (tertiary/aromatic N) is 1. The van der Waals surface area contributed by atoms with Crippen LogP contribution in [0.25, 0.3) is 0 Å². The van der Waals surface area contributed by atoms with Crippen LogP contribution < -0.4 is 4.74 Å². The Hall–Kier alpha value is -1.21. The smallest absolute Gasteiger partial charge is 0.136 e. The molecule has 0 unspecified atom stereocenters. The fourth-order valence-corrected chi connectivity index (χ4v) is 1.09. The largest absolute Gasteiger partial charge is 0.495 e. The lowest BCUT2D eigenvalue weighted by Gasteiger charge is -2.04. The molecule has 0 amide bonds. The van der Waals surface area contributed by atoms with E-state index in [1.54, 1.807) is 0 Å². The van der Waals surface area contributed by atoms with Crippen LogP contribution in [-0.4, -0.2) is 7.11 Å². The van der Waals surface area contributed by atoms with Crippen molar-refractivity contribution >= 4 is 12.6 Å². The highest BCUT2D eigenvalue weighted by molar-refractivity contribution is 7.80. The molecule has 0 radical (unpaired) electrons. The molecule has 0 aromatic heterocycles. The molecule has 1 rings (SSSR count). The zero-order valence-electron chi connectivity index (χ0n) is 6.34. The summed E-state index contributed by atoms with van der Waals surface area (Å²) in [5.74, 6) is -0.226. The van der Waals surface area contributed by atoms with Gasteiger partial charge in [-0.15, -0.1) is 12.6 Å².